The molecule has 1 aliphatic carbocycles. The number of rotatable bonds is 3. The van der Waals surface area contributed by atoms with Gasteiger partial charge in [-0.3, -0.25) is 0 Å². The third kappa shape index (κ3) is 3.58. The number of likely N-dealkylation sites (N-methyl/N-ethyl adjacent to an activating group) is 1. The van der Waals surface area contributed by atoms with Gasteiger partial charge in [-0.25, -0.2) is 0 Å². The van der Waals surface area contributed by atoms with Crippen LogP contribution in [0.25, 0.3) is 0 Å². The topological polar surface area (TPSA) is 29.3 Å². The second kappa shape index (κ2) is 5.13. The summed E-state index contributed by atoms with van der Waals surface area (Å²) in [6, 6.07) is 0.371. The summed E-state index contributed by atoms with van der Waals surface area (Å²) >= 11 is 0. The van der Waals surface area contributed by atoms with Crippen molar-refractivity contribution >= 4 is 0 Å². The summed E-state index contributed by atoms with van der Waals surface area (Å²) in [5.41, 5.74) is 6.23. The molecule has 0 aromatic carbocycles. The standard InChI is InChI=1S/C12H26N2/c1-9-5-10(2)7-11(6-9)12(13)8-14(3)4/h9-12H,5-8,13H2,1-4H3. The van der Waals surface area contributed by atoms with Crippen molar-refractivity contribution in [1.29, 1.82) is 0 Å². The van der Waals surface area contributed by atoms with E-state index in [1.165, 1.54) is 19.3 Å². The summed E-state index contributed by atoms with van der Waals surface area (Å²) in [6.07, 6.45) is 4.06. The van der Waals surface area contributed by atoms with Crippen molar-refractivity contribution in [3.63, 3.8) is 0 Å². The Kier molecular flexibility index (Phi) is 4.39. The van der Waals surface area contributed by atoms with Crippen LogP contribution in [0.2, 0.25) is 0 Å². The lowest BCUT2D eigenvalue weighted by molar-refractivity contribution is 0.175. The summed E-state index contributed by atoms with van der Waals surface area (Å²) in [7, 11) is 4.21. The fourth-order valence-corrected chi connectivity index (χ4v) is 2.93. The lowest BCUT2D eigenvalue weighted by Crippen LogP contribution is -2.42. The first-order valence-electron chi connectivity index (χ1n) is 5.89. The molecule has 0 aromatic heterocycles. The highest BCUT2D eigenvalue weighted by atomic mass is 15.1. The maximum Gasteiger partial charge on any atom is 0.0196 e. The Morgan fingerprint density at radius 2 is 1.64 bits per heavy atom. The van der Waals surface area contributed by atoms with Crippen LogP contribution in [0.1, 0.15) is 33.1 Å². The summed E-state index contributed by atoms with van der Waals surface area (Å²) in [5.74, 6) is 2.49. The van der Waals surface area contributed by atoms with Crippen LogP contribution in [0.5, 0.6) is 0 Å². The van der Waals surface area contributed by atoms with E-state index in [0.29, 0.717) is 6.04 Å². The molecule has 3 unspecified atom stereocenters. The van der Waals surface area contributed by atoms with Gasteiger partial charge in [-0.1, -0.05) is 13.8 Å². The molecule has 2 heteroatoms. The summed E-state index contributed by atoms with van der Waals surface area (Å²) in [6.45, 7) is 5.76. The second-order valence-electron chi connectivity index (χ2n) is 5.60. The first-order valence-corrected chi connectivity index (χ1v) is 5.89. The van der Waals surface area contributed by atoms with E-state index in [-0.39, 0.29) is 0 Å². The first-order chi connectivity index (χ1) is 6.49. The first kappa shape index (κ1) is 12.0. The Balaban J connectivity index is 2.42. The zero-order chi connectivity index (χ0) is 10.7. The maximum absolute atomic E-state index is 6.23. The number of hydrogen-bond donors (Lipinski definition) is 1. The molecule has 2 N–H and O–H groups in total. The molecule has 1 rings (SSSR count). The molecule has 0 bridgehead atoms. The normalized spacial score (nSPS) is 36.0. The van der Waals surface area contributed by atoms with Crippen LogP contribution in [-0.2, 0) is 0 Å². The molecule has 0 spiro atoms. The fraction of sp³-hybridized carbons (Fsp3) is 1.00. The van der Waals surface area contributed by atoms with Crippen molar-refractivity contribution in [3.05, 3.63) is 0 Å². The highest BCUT2D eigenvalue weighted by Crippen LogP contribution is 2.34. The van der Waals surface area contributed by atoms with E-state index >= 15 is 0 Å². The highest BCUT2D eigenvalue weighted by molar-refractivity contribution is 4.82. The van der Waals surface area contributed by atoms with Crippen molar-refractivity contribution in [3.8, 4) is 0 Å². The van der Waals surface area contributed by atoms with Gasteiger partial charge in [0.15, 0.2) is 0 Å². The van der Waals surface area contributed by atoms with Gasteiger partial charge in [0.1, 0.15) is 0 Å². The molecule has 1 aliphatic rings. The zero-order valence-corrected chi connectivity index (χ0v) is 10.2. The minimum absolute atomic E-state index is 0.371. The average molecular weight is 198 g/mol. The molecule has 0 aromatic rings. The fourth-order valence-electron chi connectivity index (χ4n) is 2.93. The summed E-state index contributed by atoms with van der Waals surface area (Å²) in [5, 5.41) is 0. The van der Waals surface area contributed by atoms with E-state index in [1.807, 2.05) is 0 Å². The molecule has 0 heterocycles. The summed E-state index contributed by atoms with van der Waals surface area (Å²) < 4.78 is 0. The van der Waals surface area contributed by atoms with Crippen LogP contribution in [0.4, 0.5) is 0 Å². The van der Waals surface area contributed by atoms with Crippen molar-refractivity contribution in [2.45, 2.75) is 39.2 Å². The van der Waals surface area contributed by atoms with E-state index in [1.54, 1.807) is 0 Å². The number of nitrogens with two attached hydrogens (primary N) is 1. The summed E-state index contributed by atoms with van der Waals surface area (Å²) in [4.78, 5) is 2.20. The molecule has 0 saturated heterocycles. The smallest absolute Gasteiger partial charge is 0.0196 e. The molecular formula is C12H26N2. The lowest BCUT2D eigenvalue weighted by atomic mass is 9.74. The third-order valence-electron chi connectivity index (χ3n) is 3.40. The van der Waals surface area contributed by atoms with E-state index in [2.05, 4.69) is 32.8 Å². The Bertz CT molecular complexity index is 158. The van der Waals surface area contributed by atoms with Gasteiger partial charge in [0.05, 0.1) is 0 Å². The van der Waals surface area contributed by atoms with Gasteiger partial charge < -0.3 is 10.6 Å². The molecule has 3 atom stereocenters. The van der Waals surface area contributed by atoms with Crippen LogP contribution in [0, 0.1) is 17.8 Å². The van der Waals surface area contributed by atoms with Crippen LogP contribution in [-0.4, -0.2) is 31.6 Å². The quantitative estimate of drug-likeness (QED) is 0.751. The lowest BCUT2D eigenvalue weighted by Gasteiger charge is -2.35. The Morgan fingerprint density at radius 1 is 1.14 bits per heavy atom. The molecular weight excluding hydrogens is 172 g/mol. The highest BCUT2D eigenvalue weighted by Gasteiger charge is 2.28. The second-order valence-corrected chi connectivity index (χ2v) is 5.60. The molecule has 0 amide bonds. The Hall–Kier alpha value is -0.0800. The minimum atomic E-state index is 0.371. The van der Waals surface area contributed by atoms with Gasteiger partial charge in [0.25, 0.3) is 0 Å². The SMILES string of the molecule is CC1CC(C)CC(C(N)CN(C)C)C1. The third-order valence-corrected chi connectivity index (χ3v) is 3.40. The predicted molar refractivity (Wildman–Crippen MR) is 62.2 cm³/mol. The van der Waals surface area contributed by atoms with Gasteiger partial charge in [-0.05, 0) is 51.1 Å². The average Bonchev–Trinajstić information content (AvgIpc) is 2.00. The molecule has 84 valence electrons. The van der Waals surface area contributed by atoms with Gasteiger partial charge in [-0.2, -0.15) is 0 Å². The largest absolute Gasteiger partial charge is 0.326 e. The van der Waals surface area contributed by atoms with Gasteiger partial charge in [-0.15, -0.1) is 0 Å². The molecule has 1 fully saturated rings. The van der Waals surface area contributed by atoms with E-state index in [4.69, 9.17) is 5.73 Å². The maximum atomic E-state index is 6.23. The number of hydrogen-bond acceptors (Lipinski definition) is 2. The van der Waals surface area contributed by atoms with E-state index < -0.39 is 0 Å². The van der Waals surface area contributed by atoms with Crippen molar-refractivity contribution in [2.75, 3.05) is 20.6 Å². The van der Waals surface area contributed by atoms with Crippen molar-refractivity contribution in [1.82, 2.24) is 4.90 Å². The predicted octanol–water partition coefficient (Wildman–Crippen LogP) is 1.95. The molecule has 14 heavy (non-hydrogen) atoms. The Labute approximate surface area is 88.8 Å². The van der Waals surface area contributed by atoms with E-state index in [0.717, 1.165) is 24.3 Å². The van der Waals surface area contributed by atoms with Crippen LogP contribution >= 0.6 is 0 Å². The van der Waals surface area contributed by atoms with Gasteiger partial charge in [0, 0.05) is 12.6 Å². The minimum Gasteiger partial charge on any atom is -0.326 e. The molecule has 0 radical (unpaired) electrons. The number of nitrogens with zero attached hydrogens (tertiary/aromatic N) is 1. The molecule has 2 nitrogen and oxygen atoms in total. The van der Waals surface area contributed by atoms with Gasteiger partial charge in [0.2, 0.25) is 0 Å². The monoisotopic (exact) mass is 198 g/mol. The molecule has 1 saturated carbocycles. The van der Waals surface area contributed by atoms with Gasteiger partial charge >= 0.3 is 0 Å². The van der Waals surface area contributed by atoms with Crippen molar-refractivity contribution in [2.24, 2.45) is 23.5 Å². The Morgan fingerprint density at radius 3 is 2.07 bits per heavy atom. The van der Waals surface area contributed by atoms with Crippen LogP contribution in [0.15, 0.2) is 0 Å². The molecule has 0 aliphatic heterocycles. The van der Waals surface area contributed by atoms with Crippen LogP contribution in [0.3, 0.4) is 0 Å². The van der Waals surface area contributed by atoms with E-state index in [9.17, 15) is 0 Å². The zero-order valence-electron chi connectivity index (χ0n) is 10.2. The van der Waals surface area contributed by atoms with Crippen LogP contribution < -0.4 is 5.73 Å². The van der Waals surface area contributed by atoms with Crippen molar-refractivity contribution < 1.29 is 0 Å².